The van der Waals surface area contributed by atoms with Crippen molar-refractivity contribution in [2.45, 2.75) is 64.1 Å². The summed E-state index contributed by atoms with van der Waals surface area (Å²) in [5.74, 6) is -1.65. The van der Waals surface area contributed by atoms with E-state index in [1.165, 1.54) is 0 Å². The van der Waals surface area contributed by atoms with Gasteiger partial charge in [-0.05, 0) is 37.5 Å². The first-order valence-electron chi connectivity index (χ1n) is 6.75. The Bertz CT molecular complexity index is 334. The van der Waals surface area contributed by atoms with Gasteiger partial charge in [-0.3, -0.25) is 9.59 Å². The molecule has 0 radical (unpaired) electrons. The van der Waals surface area contributed by atoms with Gasteiger partial charge in [-0.2, -0.15) is 0 Å². The zero-order valence-electron chi connectivity index (χ0n) is 11.7. The summed E-state index contributed by atoms with van der Waals surface area (Å²) in [7, 11) is 0. The van der Waals surface area contributed by atoms with Crippen LogP contribution in [0.2, 0.25) is 0 Å². The molecule has 0 aliphatic heterocycles. The average molecular weight is 271 g/mol. The molecule has 6 nitrogen and oxygen atoms in total. The van der Waals surface area contributed by atoms with E-state index in [4.69, 9.17) is 16.6 Å². The normalized spacial score (nSPS) is 22.7. The molecule has 1 aliphatic rings. The average Bonchev–Trinajstić information content (AvgIpc) is 2.30. The summed E-state index contributed by atoms with van der Waals surface area (Å²) in [6, 6.07) is -1.56. The van der Waals surface area contributed by atoms with Gasteiger partial charge < -0.3 is 21.9 Å². The molecule has 2 atom stereocenters. The fourth-order valence-corrected chi connectivity index (χ4v) is 2.46. The Labute approximate surface area is 113 Å². The Morgan fingerprint density at radius 2 is 1.89 bits per heavy atom. The Morgan fingerprint density at radius 3 is 2.32 bits per heavy atom. The molecule has 6 heteroatoms. The lowest BCUT2D eigenvalue weighted by atomic mass is 9.75. The summed E-state index contributed by atoms with van der Waals surface area (Å²) in [5.41, 5.74) is 10.9. The summed E-state index contributed by atoms with van der Waals surface area (Å²) in [5, 5.41) is 12.3. The van der Waals surface area contributed by atoms with E-state index in [2.05, 4.69) is 19.2 Å². The van der Waals surface area contributed by atoms with E-state index in [0.29, 0.717) is 5.41 Å². The molecular weight excluding hydrogens is 246 g/mol. The Hall–Kier alpha value is -1.14. The zero-order chi connectivity index (χ0) is 14.6. The third-order valence-electron chi connectivity index (χ3n) is 3.93. The van der Waals surface area contributed by atoms with Crippen molar-refractivity contribution in [2.24, 2.45) is 16.9 Å². The minimum atomic E-state index is -0.985. The first-order chi connectivity index (χ1) is 8.71. The number of nitrogens with two attached hydrogens (primary N) is 2. The van der Waals surface area contributed by atoms with Crippen LogP contribution in [0.5, 0.6) is 0 Å². The van der Waals surface area contributed by atoms with Crippen molar-refractivity contribution >= 4 is 11.9 Å². The molecule has 0 aromatic rings. The number of aliphatic carboxylic acids is 1. The van der Waals surface area contributed by atoms with Gasteiger partial charge in [0.2, 0.25) is 5.91 Å². The molecule has 0 bridgehead atoms. The quantitative estimate of drug-likeness (QED) is 0.550. The highest BCUT2D eigenvalue weighted by molar-refractivity contribution is 5.81. The second kappa shape index (κ2) is 6.34. The molecule has 0 heterocycles. The molecular formula is C13H25N3O3. The first-order valence-corrected chi connectivity index (χ1v) is 6.75. The molecule has 1 saturated carbocycles. The third-order valence-corrected chi connectivity index (χ3v) is 3.93. The predicted octanol–water partition coefficient (Wildman–Crippen LogP) is 0.201. The molecule has 1 fully saturated rings. The monoisotopic (exact) mass is 271 g/mol. The summed E-state index contributed by atoms with van der Waals surface area (Å²) in [6.07, 6.45) is 4.06. The van der Waals surface area contributed by atoms with E-state index in [1.54, 1.807) is 0 Å². The van der Waals surface area contributed by atoms with Crippen LogP contribution >= 0.6 is 0 Å². The maximum Gasteiger partial charge on any atom is 0.320 e. The van der Waals surface area contributed by atoms with Crippen LogP contribution in [-0.2, 0) is 9.59 Å². The topological polar surface area (TPSA) is 118 Å². The lowest BCUT2D eigenvalue weighted by Crippen LogP contribution is -2.50. The second-order valence-electron chi connectivity index (χ2n) is 6.24. The molecule has 1 aliphatic carbocycles. The van der Waals surface area contributed by atoms with Crippen molar-refractivity contribution in [3.63, 3.8) is 0 Å². The molecule has 1 amide bonds. The number of carbonyl (C=O) groups is 2. The van der Waals surface area contributed by atoms with E-state index < -0.39 is 24.0 Å². The van der Waals surface area contributed by atoms with Crippen LogP contribution in [0.3, 0.4) is 0 Å². The highest BCUT2D eigenvalue weighted by Gasteiger charge is 2.30. The minimum absolute atomic E-state index is 0.0323. The van der Waals surface area contributed by atoms with E-state index in [9.17, 15) is 9.59 Å². The molecule has 0 saturated heterocycles. The molecule has 6 N–H and O–H groups in total. The second-order valence-corrected chi connectivity index (χ2v) is 6.24. The molecule has 1 unspecified atom stereocenters. The number of rotatable bonds is 6. The van der Waals surface area contributed by atoms with Gasteiger partial charge in [-0.15, -0.1) is 0 Å². The molecule has 1 rings (SSSR count). The van der Waals surface area contributed by atoms with Gasteiger partial charge in [0.05, 0.1) is 6.04 Å². The highest BCUT2D eigenvalue weighted by atomic mass is 16.4. The van der Waals surface area contributed by atoms with E-state index >= 15 is 0 Å². The predicted molar refractivity (Wildman–Crippen MR) is 72.4 cm³/mol. The lowest BCUT2D eigenvalue weighted by molar-refractivity contribution is -0.140. The Balaban J connectivity index is 2.51. The maximum atomic E-state index is 11.2. The zero-order valence-corrected chi connectivity index (χ0v) is 11.7. The van der Waals surface area contributed by atoms with Gasteiger partial charge in [0, 0.05) is 6.04 Å². The summed E-state index contributed by atoms with van der Waals surface area (Å²) in [6.45, 7) is 4.45. The summed E-state index contributed by atoms with van der Waals surface area (Å²) in [4.78, 5) is 22.1. The number of carboxylic acids is 1. The van der Waals surface area contributed by atoms with Crippen LogP contribution in [0.25, 0.3) is 0 Å². The van der Waals surface area contributed by atoms with Crippen molar-refractivity contribution < 1.29 is 14.7 Å². The SMILES string of the molecule is CC1(C)CCC(N[C@@H](CC(N)C(N)=O)C(=O)O)CC1. The van der Waals surface area contributed by atoms with Crippen LogP contribution in [0.15, 0.2) is 0 Å². The Morgan fingerprint density at radius 1 is 1.37 bits per heavy atom. The number of carboxylic acid groups (broad SMARTS) is 1. The summed E-state index contributed by atoms with van der Waals surface area (Å²) >= 11 is 0. The van der Waals surface area contributed by atoms with Gasteiger partial charge in [0.15, 0.2) is 0 Å². The Kier molecular flexibility index (Phi) is 5.31. The molecule has 0 aromatic heterocycles. The number of hydrogen-bond donors (Lipinski definition) is 4. The largest absolute Gasteiger partial charge is 0.480 e. The summed E-state index contributed by atoms with van der Waals surface area (Å²) < 4.78 is 0. The van der Waals surface area contributed by atoms with E-state index in [-0.39, 0.29) is 12.5 Å². The highest BCUT2D eigenvalue weighted by Crippen LogP contribution is 2.35. The maximum absolute atomic E-state index is 11.2. The van der Waals surface area contributed by atoms with Gasteiger partial charge >= 0.3 is 5.97 Å². The third kappa shape index (κ3) is 5.16. The molecule has 0 spiro atoms. The van der Waals surface area contributed by atoms with Gasteiger partial charge in [-0.1, -0.05) is 13.8 Å². The van der Waals surface area contributed by atoms with Crippen molar-refractivity contribution in [3.8, 4) is 0 Å². The molecule has 19 heavy (non-hydrogen) atoms. The fourth-order valence-electron chi connectivity index (χ4n) is 2.46. The van der Waals surface area contributed by atoms with Crippen LogP contribution in [0.4, 0.5) is 0 Å². The first kappa shape index (κ1) is 15.9. The number of hydrogen-bond acceptors (Lipinski definition) is 4. The fraction of sp³-hybridized carbons (Fsp3) is 0.846. The van der Waals surface area contributed by atoms with Crippen molar-refractivity contribution in [2.75, 3.05) is 0 Å². The van der Waals surface area contributed by atoms with E-state index in [0.717, 1.165) is 25.7 Å². The van der Waals surface area contributed by atoms with Gasteiger partial charge in [-0.25, -0.2) is 0 Å². The number of primary amides is 1. The van der Waals surface area contributed by atoms with Crippen LogP contribution < -0.4 is 16.8 Å². The smallest absolute Gasteiger partial charge is 0.320 e. The van der Waals surface area contributed by atoms with Crippen LogP contribution in [0, 0.1) is 5.41 Å². The van der Waals surface area contributed by atoms with Crippen LogP contribution in [0.1, 0.15) is 46.0 Å². The number of nitrogens with one attached hydrogen (secondary N) is 1. The van der Waals surface area contributed by atoms with Crippen molar-refractivity contribution in [3.05, 3.63) is 0 Å². The molecule has 110 valence electrons. The van der Waals surface area contributed by atoms with Gasteiger partial charge in [0.1, 0.15) is 6.04 Å². The van der Waals surface area contributed by atoms with E-state index in [1.807, 2.05) is 0 Å². The van der Waals surface area contributed by atoms with Crippen molar-refractivity contribution in [1.82, 2.24) is 5.32 Å². The van der Waals surface area contributed by atoms with Crippen molar-refractivity contribution in [1.29, 1.82) is 0 Å². The van der Waals surface area contributed by atoms with Gasteiger partial charge in [0.25, 0.3) is 0 Å². The minimum Gasteiger partial charge on any atom is -0.480 e. The number of amides is 1. The number of carbonyl (C=O) groups excluding carboxylic acids is 1. The standard InChI is InChI=1S/C13H25N3O3/c1-13(2)5-3-8(4-6-13)16-10(12(18)19)7-9(14)11(15)17/h8-10,16H,3-7,14H2,1-2H3,(H2,15,17)(H,18,19)/t9?,10-/m0/s1. The molecule has 0 aromatic carbocycles. The van der Waals surface area contributed by atoms with Crippen LogP contribution in [-0.4, -0.2) is 35.1 Å². The lowest BCUT2D eigenvalue weighted by Gasteiger charge is -2.36.